The van der Waals surface area contributed by atoms with Gasteiger partial charge in [-0.15, -0.1) is 0 Å². The number of hydrogen-bond acceptors (Lipinski definition) is 3. The minimum atomic E-state index is -0.514. The van der Waals surface area contributed by atoms with Crippen LogP contribution in [0.15, 0.2) is 15.8 Å². The largest absolute Gasteiger partial charge is 0.330 e. The van der Waals surface area contributed by atoms with Crippen LogP contribution in [0.3, 0.4) is 0 Å². The van der Waals surface area contributed by atoms with Crippen LogP contribution in [0.5, 0.6) is 0 Å². The van der Waals surface area contributed by atoms with E-state index in [4.69, 9.17) is 0 Å². The molecule has 0 saturated heterocycles. The summed E-state index contributed by atoms with van der Waals surface area (Å²) in [7, 11) is 1.42. The highest BCUT2D eigenvalue weighted by Crippen LogP contribution is 2.14. The van der Waals surface area contributed by atoms with Crippen molar-refractivity contribution in [1.29, 1.82) is 0 Å². The van der Waals surface area contributed by atoms with Crippen LogP contribution in [0.25, 0.3) is 0 Å². The van der Waals surface area contributed by atoms with Crippen LogP contribution in [0.4, 0.5) is 0 Å². The fourth-order valence-electron chi connectivity index (χ4n) is 2.29. The Bertz CT molecular complexity index is 584. The van der Waals surface area contributed by atoms with Gasteiger partial charge in [-0.3, -0.25) is 18.7 Å². The van der Waals surface area contributed by atoms with E-state index in [9.17, 15) is 14.4 Å². The van der Waals surface area contributed by atoms with Gasteiger partial charge in [0, 0.05) is 19.8 Å². The van der Waals surface area contributed by atoms with Crippen LogP contribution in [0.1, 0.15) is 56.8 Å². The Hall–Kier alpha value is -1.65. The number of carbonyl (C=O) groups is 1. The molecule has 5 heteroatoms. The third-order valence-corrected chi connectivity index (χ3v) is 3.73. The molecule has 1 atom stereocenters. The molecule has 1 aromatic rings. The number of ketones is 1. The van der Waals surface area contributed by atoms with Gasteiger partial charge in [0.1, 0.15) is 0 Å². The first-order valence-electron chi connectivity index (χ1n) is 7.23. The lowest BCUT2D eigenvalue weighted by atomic mass is 9.99. The van der Waals surface area contributed by atoms with Crippen molar-refractivity contribution in [3.8, 4) is 0 Å². The molecular weight excluding hydrogens is 256 g/mol. The van der Waals surface area contributed by atoms with Crippen molar-refractivity contribution in [3.05, 3.63) is 32.6 Å². The van der Waals surface area contributed by atoms with Gasteiger partial charge >= 0.3 is 5.69 Å². The minimum absolute atomic E-state index is 0.0810. The fourth-order valence-corrected chi connectivity index (χ4v) is 2.29. The number of rotatable bonds is 7. The Morgan fingerprint density at radius 2 is 1.95 bits per heavy atom. The summed E-state index contributed by atoms with van der Waals surface area (Å²) in [6, 6.07) is 0. The van der Waals surface area contributed by atoms with E-state index in [1.807, 2.05) is 0 Å². The molecule has 1 unspecified atom stereocenters. The summed E-state index contributed by atoms with van der Waals surface area (Å²) >= 11 is 0. The summed E-state index contributed by atoms with van der Waals surface area (Å²) < 4.78 is 2.52. The van der Waals surface area contributed by atoms with Gasteiger partial charge in [-0.1, -0.05) is 33.1 Å². The van der Waals surface area contributed by atoms with Gasteiger partial charge in [-0.25, -0.2) is 4.79 Å². The lowest BCUT2D eigenvalue weighted by Gasteiger charge is -2.17. The molecule has 1 rings (SSSR count). The van der Waals surface area contributed by atoms with E-state index in [0.29, 0.717) is 12.5 Å². The summed E-state index contributed by atoms with van der Waals surface area (Å²) in [5, 5.41) is 0. The first kappa shape index (κ1) is 16.4. The van der Waals surface area contributed by atoms with Crippen molar-refractivity contribution in [2.75, 3.05) is 0 Å². The van der Waals surface area contributed by atoms with Crippen LogP contribution in [-0.2, 0) is 13.6 Å². The number of aromatic nitrogens is 2. The van der Waals surface area contributed by atoms with E-state index < -0.39 is 5.56 Å². The zero-order valence-electron chi connectivity index (χ0n) is 12.8. The van der Waals surface area contributed by atoms with Gasteiger partial charge in [0.15, 0.2) is 5.78 Å². The van der Waals surface area contributed by atoms with E-state index in [1.54, 1.807) is 0 Å². The first-order chi connectivity index (χ1) is 9.42. The second kappa shape index (κ2) is 7.22. The van der Waals surface area contributed by atoms with Crippen LogP contribution in [0.2, 0.25) is 0 Å². The SMILES string of the molecule is CCCCC(CC)Cn1cc(C(C)=O)c(=O)n(C)c1=O. The molecule has 1 aromatic heterocycles. The van der Waals surface area contributed by atoms with Crippen LogP contribution < -0.4 is 11.2 Å². The fraction of sp³-hybridized carbons (Fsp3) is 0.667. The molecule has 0 aliphatic heterocycles. The molecule has 0 fully saturated rings. The molecule has 0 amide bonds. The highest BCUT2D eigenvalue weighted by molar-refractivity contribution is 5.93. The molecule has 0 aromatic carbocycles. The Kier molecular flexibility index (Phi) is 5.92. The Labute approximate surface area is 119 Å². The third-order valence-electron chi connectivity index (χ3n) is 3.73. The molecule has 0 aliphatic carbocycles. The quantitative estimate of drug-likeness (QED) is 0.717. The molecule has 0 saturated carbocycles. The number of hydrogen-bond donors (Lipinski definition) is 0. The van der Waals surface area contributed by atoms with Crippen molar-refractivity contribution in [2.45, 2.75) is 53.0 Å². The van der Waals surface area contributed by atoms with Gasteiger partial charge in [-0.05, 0) is 19.3 Å². The van der Waals surface area contributed by atoms with E-state index >= 15 is 0 Å². The average Bonchev–Trinajstić information content (AvgIpc) is 2.42. The standard InChI is InChI=1S/C15H24N2O3/c1-5-7-8-12(6-2)9-17-10-13(11(3)18)14(19)16(4)15(17)20/h10,12H,5-9H2,1-4H3. The molecule has 20 heavy (non-hydrogen) atoms. The van der Waals surface area contributed by atoms with E-state index in [2.05, 4.69) is 13.8 Å². The number of unbranched alkanes of at least 4 members (excludes halogenated alkanes) is 1. The van der Waals surface area contributed by atoms with Gasteiger partial charge in [0.2, 0.25) is 0 Å². The summed E-state index contributed by atoms with van der Waals surface area (Å²) in [5.41, 5.74) is -0.784. The van der Waals surface area contributed by atoms with E-state index in [-0.39, 0.29) is 17.0 Å². The van der Waals surface area contributed by atoms with Crippen molar-refractivity contribution < 1.29 is 4.79 Å². The average molecular weight is 280 g/mol. The van der Waals surface area contributed by atoms with Crippen molar-refractivity contribution in [1.82, 2.24) is 9.13 Å². The smallest absolute Gasteiger partial charge is 0.299 e. The summed E-state index contributed by atoms with van der Waals surface area (Å²) in [6.45, 7) is 6.14. The summed E-state index contributed by atoms with van der Waals surface area (Å²) in [5.74, 6) is 0.0888. The zero-order chi connectivity index (χ0) is 15.3. The maximum Gasteiger partial charge on any atom is 0.330 e. The Balaban J connectivity index is 3.15. The molecule has 5 nitrogen and oxygen atoms in total. The number of Topliss-reactive ketones (excluding diaryl/α,β-unsaturated/α-hetero) is 1. The van der Waals surface area contributed by atoms with Gasteiger partial charge < -0.3 is 0 Å². The molecule has 0 aliphatic rings. The molecule has 0 bridgehead atoms. The molecule has 0 radical (unpaired) electrons. The molecular formula is C15H24N2O3. The second-order valence-electron chi connectivity index (χ2n) is 5.31. The zero-order valence-corrected chi connectivity index (χ0v) is 12.8. The van der Waals surface area contributed by atoms with Crippen molar-refractivity contribution in [2.24, 2.45) is 13.0 Å². The van der Waals surface area contributed by atoms with E-state index in [1.165, 1.54) is 24.7 Å². The molecule has 0 spiro atoms. The van der Waals surface area contributed by atoms with Gasteiger partial charge in [0.25, 0.3) is 5.56 Å². The lowest BCUT2D eigenvalue weighted by Crippen LogP contribution is -2.41. The highest BCUT2D eigenvalue weighted by atomic mass is 16.2. The minimum Gasteiger partial charge on any atom is -0.299 e. The summed E-state index contributed by atoms with van der Waals surface area (Å²) in [4.78, 5) is 35.4. The third kappa shape index (κ3) is 3.68. The monoisotopic (exact) mass is 280 g/mol. The molecule has 112 valence electrons. The van der Waals surface area contributed by atoms with Gasteiger partial charge in [-0.2, -0.15) is 0 Å². The number of carbonyl (C=O) groups excluding carboxylic acids is 1. The Morgan fingerprint density at radius 3 is 2.45 bits per heavy atom. The Morgan fingerprint density at radius 1 is 1.30 bits per heavy atom. The molecule has 1 heterocycles. The van der Waals surface area contributed by atoms with Crippen LogP contribution in [0, 0.1) is 5.92 Å². The second-order valence-corrected chi connectivity index (χ2v) is 5.31. The lowest BCUT2D eigenvalue weighted by molar-refractivity contribution is 0.101. The summed E-state index contributed by atoms with van der Waals surface area (Å²) in [6.07, 6.45) is 5.69. The predicted molar refractivity (Wildman–Crippen MR) is 79.3 cm³/mol. The first-order valence-corrected chi connectivity index (χ1v) is 7.23. The predicted octanol–water partition coefficient (Wildman–Crippen LogP) is 1.97. The molecule has 0 N–H and O–H groups in total. The van der Waals surface area contributed by atoms with Crippen LogP contribution >= 0.6 is 0 Å². The van der Waals surface area contributed by atoms with Gasteiger partial charge in [0.05, 0.1) is 5.56 Å². The van der Waals surface area contributed by atoms with Crippen LogP contribution in [-0.4, -0.2) is 14.9 Å². The highest BCUT2D eigenvalue weighted by Gasteiger charge is 2.14. The van der Waals surface area contributed by atoms with Crippen molar-refractivity contribution in [3.63, 3.8) is 0 Å². The van der Waals surface area contributed by atoms with E-state index in [0.717, 1.165) is 30.3 Å². The maximum absolute atomic E-state index is 12.1. The normalized spacial score (nSPS) is 12.4. The number of nitrogens with zero attached hydrogens (tertiary/aromatic N) is 2. The van der Waals surface area contributed by atoms with Crippen molar-refractivity contribution >= 4 is 5.78 Å². The maximum atomic E-state index is 12.1. The topological polar surface area (TPSA) is 61.1 Å².